The van der Waals surface area contributed by atoms with Crippen LogP contribution in [0.4, 0.5) is 0 Å². The first-order valence-electron chi connectivity index (χ1n) is 5.54. The first-order valence-corrected chi connectivity index (χ1v) is 6.30. The molecule has 0 amide bonds. The standard InChI is InChI=1S/C12H13Cl2N3O/c1-6(2)10(15)11-16-12(18-17-11)9-7(13)4-3-5-8(9)14/h3-6,10H,15H2,1-2H3. The molecule has 0 radical (unpaired) electrons. The van der Waals surface area contributed by atoms with Crippen molar-refractivity contribution in [1.29, 1.82) is 0 Å². The highest BCUT2D eigenvalue weighted by Crippen LogP contribution is 2.33. The lowest BCUT2D eigenvalue weighted by atomic mass is 10.1. The van der Waals surface area contributed by atoms with Crippen molar-refractivity contribution >= 4 is 23.2 Å². The maximum atomic E-state index is 6.07. The van der Waals surface area contributed by atoms with Crippen LogP contribution in [-0.4, -0.2) is 10.1 Å². The molecule has 4 nitrogen and oxygen atoms in total. The van der Waals surface area contributed by atoms with Crippen molar-refractivity contribution in [2.24, 2.45) is 11.7 Å². The largest absolute Gasteiger partial charge is 0.334 e. The van der Waals surface area contributed by atoms with Crippen LogP contribution in [0.15, 0.2) is 22.7 Å². The van der Waals surface area contributed by atoms with E-state index in [9.17, 15) is 0 Å². The second-order valence-corrected chi connectivity index (χ2v) is 5.14. The summed E-state index contributed by atoms with van der Waals surface area (Å²) in [6.07, 6.45) is 0. The lowest BCUT2D eigenvalue weighted by molar-refractivity contribution is 0.400. The molecule has 2 aromatic rings. The summed E-state index contributed by atoms with van der Waals surface area (Å²) in [5.41, 5.74) is 6.49. The normalized spacial score (nSPS) is 13.0. The molecule has 0 bridgehead atoms. The third-order valence-electron chi connectivity index (χ3n) is 2.63. The van der Waals surface area contributed by atoms with Gasteiger partial charge in [0.25, 0.3) is 5.89 Å². The molecule has 0 spiro atoms. The number of rotatable bonds is 3. The average Bonchev–Trinajstić information content (AvgIpc) is 2.77. The SMILES string of the molecule is CC(C)C(N)c1noc(-c2c(Cl)cccc2Cl)n1. The van der Waals surface area contributed by atoms with Crippen LogP contribution in [0.5, 0.6) is 0 Å². The third kappa shape index (κ3) is 2.51. The highest BCUT2D eigenvalue weighted by molar-refractivity contribution is 6.38. The van der Waals surface area contributed by atoms with Gasteiger partial charge in [-0.25, -0.2) is 0 Å². The van der Waals surface area contributed by atoms with Gasteiger partial charge in [0.05, 0.1) is 21.7 Å². The molecule has 0 saturated carbocycles. The first kappa shape index (κ1) is 13.3. The van der Waals surface area contributed by atoms with Crippen LogP contribution in [0.25, 0.3) is 11.5 Å². The fourth-order valence-corrected chi connectivity index (χ4v) is 2.03. The van der Waals surface area contributed by atoms with Crippen molar-refractivity contribution in [3.8, 4) is 11.5 Å². The van der Waals surface area contributed by atoms with Crippen molar-refractivity contribution in [2.75, 3.05) is 0 Å². The molecule has 1 unspecified atom stereocenters. The summed E-state index contributed by atoms with van der Waals surface area (Å²) in [6, 6.07) is 4.92. The number of hydrogen-bond acceptors (Lipinski definition) is 4. The Balaban J connectivity index is 2.41. The second-order valence-electron chi connectivity index (χ2n) is 4.32. The van der Waals surface area contributed by atoms with E-state index in [0.29, 0.717) is 21.4 Å². The predicted octanol–water partition coefficient (Wildman–Crippen LogP) is 3.70. The third-order valence-corrected chi connectivity index (χ3v) is 3.26. The number of benzene rings is 1. The Bertz CT molecular complexity index is 534. The Morgan fingerprint density at radius 2 is 1.83 bits per heavy atom. The summed E-state index contributed by atoms with van der Waals surface area (Å²) in [5, 5.41) is 4.80. The lowest BCUT2D eigenvalue weighted by Gasteiger charge is -2.09. The van der Waals surface area contributed by atoms with E-state index in [4.69, 9.17) is 33.5 Å². The van der Waals surface area contributed by atoms with Crippen LogP contribution in [-0.2, 0) is 0 Å². The summed E-state index contributed by atoms with van der Waals surface area (Å²) < 4.78 is 5.17. The Morgan fingerprint density at radius 3 is 2.39 bits per heavy atom. The van der Waals surface area contributed by atoms with Gasteiger partial charge in [-0.3, -0.25) is 0 Å². The number of nitrogens with two attached hydrogens (primary N) is 1. The first-order chi connectivity index (χ1) is 8.50. The highest BCUT2D eigenvalue weighted by atomic mass is 35.5. The molecule has 18 heavy (non-hydrogen) atoms. The van der Waals surface area contributed by atoms with Crippen molar-refractivity contribution in [3.05, 3.63) is 34.1 Å². The summed E-state index contributed by atoms with van der Waals surface area (Å²) in [4.78, 5) is 4.25. The average molecular weight is 286 g/mol. The lowest BCUT2D eigenvalue weighted by Crippen LogP contribution is -2.18. The summed E-state index contributed by atoms with van der Waals surface area (Å²) in [6.45, 7) is 3.98. The molecule has 0 aliphatic rings. The molecule has 0 aliphatic heterocycles. The predicted molar refractivity (Wildman–Crippen MR) is 71.5 cm³/mol. The molecule has 2 N–H and O–H groups in total. The van der Waals surface area contributed by atoms with Gasteiger partial charge in [-0.15, -0.1) is 0 Å². The number of aromatic nitrogens is 2. The van der Waals surface area contributed by atoms with E-state index in [1.165, 1.54) is 0 Å². The molecule has 2 rings (SSSR count). The number of hydrogen-bond donors (Lipinski definition) is 1. The van der Waals surface area contributed by atoms with Gasteiger partial charge >= 0.3 is 0 Å². The quantitative estimate of drug-likeness (QED) is 0.934. The van der Waals surface area contributed by atoms with Crippen LogP contribution >= 0.6 is 23.2 Å². The minimum Gasteiger partial charge on any atom is -0.334 e. The molecule has 6 heteroatoms. The van der Waals surface area contributed by atoms with Crippen molar-refractivity contribution < 1.29 is 4.52 Å². The molecular weight excluding hydrogens is 273 g/mol. The Kier molecular flexibility index (Phi) is 3.90. The molecular formula is C12H13Cl2N3O. The van der Waals surface area contributed by atoms with Gasteiger partial charge in [-0.1, -0.05) is 48.3 Å². The van der Waals surface area contributed by atoms with E-state index in [1.54, 1.807) is 18.2 Å². The maximum absolute atomic E-state index is 6.07. The fraction of sp³-hybridized carbons (Fsp3) is 0.333. The molecule has 1 heterocycles. The summed E-state index contributed by atoms with van der Waals surface area (Å²) >= 11 is 12.1. The van der Waals surface area contributed by atoms with E-state index >= 15 is 0 Å². The Labute approximate surface area is 115 Å². The fourth-order valence-electron chi connectivity index (χ4n) is 1.47. The van der Waals surface area contributed by atoms with Crippen molar-refractivity contribution in [2.45, 2.75) is 19.9 Å². The molecule has 1 aromatic carbocycles. The van der Waals surface area contributed by atoms with Crippen LogP contribution in [0.2, 0.25) is 10.0 Å². The zero-order chi connectivity index (χ0) is 13.3. The van der Waals surface area contributed by atoms with Gasteiger partial charge in [-0.2, -0.15) is 4.98 Å². The van der Waals surface area contributed by atoms with Gasteiger partial charge in [0.2, 0.25) is 0 Å². The second kappa shape index (κ2) is 5.26. The molecule has 1 aromatic heterocycles. The zero-order valence-corrected chi connectivity index (χ0v) is 11.5. The van der Waals surface area contributed by atoms with Crippen molar-refractivity contribution in [1.82, 2.24) is 10.1 Å². The maximum Gasteiger partial charge on any atom is 0.261 e. The van der Waals surface area contributed by atoms with Gasteiger partial charge in [0.1, 0.15) is 0 Å². The molecule has 0 fully saturated rings. The van der Waals surface area contributed by atoms with Gasteiger partial charge in [-0.05, 0) is 18.1 Å². The molecule has 1 atom stereocenters. The van der Waals surface area contributed by atoms with E-state index in [1.807, 2.05) is 13.8 Å². The summed E-state index contributed by atoms with van der Waals surface area (Å²) in [5.74, 6) is 0.963. The monoisotopic (exact) mass is 285 g/mol. The molecule has 96 valence electrons. The highest BCUT2D eigenvalue weighted by Gasteiger charge is 2.20. The Morgan fingerprint density at radius 1 is 1.22 bits per heavy atom. The smallest absolute Gasteiger partial charge is 0.261 e. The minimum absolute atomic E-state index is 0.220. The van der Waals surface area contributed by atoms with Crippen molar-refractivity contribution in [3.63, 3.8) is 0 Å². The zero-order valence-electron chi connectivity index (χ0n) is 10.0. The van der Waals surface area contributed by atoms with Gasteiger partial charge in [0.15, 0.2) is 5.82 Å². The molecule has 0 saturated heterocycles. The number of nitrogens with zero attached hydrogens (tertiary/aromatic N) is 2. The number of halogens is 2. The van der Waals surface area contributed by atoms with E-state index in [2.05, 4.69) is 10.1 Å². The van der Waals surface area contributed by atoms with Crippen LogP contribution in [0, 0.1) is 5.92 Å². The van der Waals surface area contributed by atoms with Crippen LogP contribution < -0.4 is 5.73 Å². The van der Waals surface area contributed by atoms with E-state index in [-0.39, 0.29) is 17.9 Å². The van der Waals surface area contributed by atoms with Gasteiger partial charge < -0.3 is 10.3 Å². The molecule has 0 aliphatic carbocycles. The van der Waals surface area contributed by atoms with E-state index in [0.717, 1.165) is 0 Å². The van der Waals surface area contributed by atoms with E-state index < -0.39 is 0 Å². The topological polar surface area (TPSA) is 64.9 Å². The van der Waals surface area contributed by atoms with Crippen LogP contribution in [0.1, 0.15) is 25.7 Å². The van der Waals surface area contributed by atoms with Crippen LogP contribution in [0.3, 0.4) is 0 Å². The summed E-state index contributed by atoms with van der Waals surface area (Å²) in [7, 11) is 0. The minimum atomic E-state index is -0.274. The Hall–Kier alpha value is -1.10. The van der Waals surface area contributed by atoms with Gasteiger partial charge in [0, 0.05) is 0 Å².